The van der Waals surface area contributed by atoms with E-state index in [1.54, 1.807) is 0 Å². The predicted molar refractivity (Wildman–Crippen MR) is 93.7 cm³/mol. The average molecular weight is 288 g/mol. The first-order valence-corrected chi connectivity index (χ1v) is 7.50. The van der Waals surface area contributed by atoms with Gasteiger partial charge in [-0.15, -0.1) is 0 Å². The Hall–Kier alpha value is -2.61. The molecule has 0 fully saturated rings. The second-order valence-corrected chi connectivity index (χ2v) is 5.62. The third-order valence-corrected chi connectivity index (χ3v) is 3.82. The van der Waals surface area contributed by atoms with Gasteiger partial charge in [-0.25, -0.2) is 0 Å². The lowest BCUT2D eigenvalue weighted by atomic mass is 10.1. The molecule has 22 heavy (non-hydrogen) atoms. The van der Waals surface area contributed by atoms with Crippen molar-refractivity contribution in [2.75, 3.05) is 0 Å². The molecule has 0 atom stereocenters. The Morgan fingerprint density at radius 1 is 0.864 bits per heavy atom. The third kappa shape index (κ3) is 2.86. The van der Waals surface area contributed by atoms with Crippen molar-refractivity contribution in [3.8, 4) is 5.69 Å². The lowest BCUT2D eigenvalue weighted by Crippen LogP contribution is -2.00. The van der Waals surface area contributed by atoms with Gasteiger partial charge in [0.15, 0.2) is 0 Å². The zero-order valence-electron chi connectivity index (χ0n) is 13.2. The number of rotatable bonds is 3. The summed E-state index contributed by atoms with van der Waals surface area (Å²) in [6, 6.07) is 21.0. The van der Waals surface area contributed by atoms with Gasteiger partial charge in [-0.3, -0.25) is 4.99 Å². The summed E-state index contributed by atoms with van der Waals surface area (Å²) in [6.07, 6.45) is 1.95. The molecule has 2 nitrogen and oxygen atoms in total. The van der Waals surface area contributed by atoms with E-state index in [1.165, 1.54) is 16.8 Å². The maximum Gasteiger partial charge on any atom is 0.0662 e. The SMILES string of the molecule is Cc1ccc(C)c(N=Cc2ccc(C)n2-c2ccccc2)c1. The number of aliphatic imine (C=N–C) groups is 1. The topological polar surface area (TPSA) is 17.3 Å². The van der Waals surface area contributed by atoms with E-state index in [9.17, 15) is 0 Å². The molecule has 0 amide bonds. The Balaban J connectivity index is 2.00. The summed E-state index contributed by atoms with van der Waals surface area (Å²) in [6.45, 7) is 6.30. The Kier molecular flexibility index (Phi) is 3.92. The minimum absolute atomic E-state index is 1.03. The molecule has 0 aliphatic carbocycles. The smallest absolute Gasteiger partial charge is 0.0662 e. The van der Waals surface area contributed by atoms with Crippen LogP contribution in [0.15, 0.2) is 65.7 Å². The summed E-state index contributed by atoms with van der Waals surface area (Å²) in [5.74, 6) is 0. The van der Waals surface area contributed by atoms with Gasteiger partial charge in [-0.1, -0.05) is 30.3 Å². The van der Waals surface area contributed by atoms with Crippen LogP contribution in [0.25, 0.3) is 5.69 Å². The maximum atomic E-state index is 4.69. The average Bonchev–Trinajstić information content (AvgIpc) is 2.90. The molecule has 0 spiro atoms. The van der Waals surface area contributed by atoms with Gasteiger partial charge in [0.2, 0.25) is 0 Å². The molecule has 0 aliphatic rings. The highest BCUT2D eigenvalue weighted by Crippen LogP contribution is 2.21. The number of nitrogens with zero attached hydrogens (tertiary/aromatic N) is 2. The molecule has 3 aromatic rings. The van der Waals surface area contributed by atoms with Gasteiger partial charge >= 0.3 is 0 Å². The van der Waals surface area contributed by atoms with E-state index in [2.05, 4.69) is 79.9 Å². The Morgan fingerprint density at radius 2 is 1.64 bits per heavy atom. The molecule has 2 aromatic carbocycles. The highest BCUT2D eigenvalue weighted by molar-refractivity contribution is 5.82. The van der Waals surface area contributed by atoms with Crippen LogP contribution in [0.2, 0.25) is 0 Å². The van der Waals surface area contributed by atoms with Crippen molar-refractivity contribution in [1.29, 1.82) is 0 Å². The zero-order chi connectivity index (χ0) is 15.5. The summed E-state index contributed by atoms with van der Waals surface area (Å²) >= 11 is 0. The van der Waals surface area contributed by atoms with E-state index in [0.29, 0.717) is 0 Å². The van der Waals surface area contributed by atoms with Crippen LogP contribution < -0.4 is 0 Å². The van der Waals surface area contributed by atoms with Gasteiger partial charge in [0.05, 0.1) is 17.6 Å². The molecule has 0 unspecified atom stereocenters. The second-order valence-electron chi connectivity index (χ2n) is 5.62. The van der Waals surface area contributed by atoms with Crippen molar-refractivity contribution in [2.45, 2.75) is 20.8 Å². The summed E-state index contributed by atoms with van der Waals surface area (Å²) in [4.78, 5) is 4.69. The van der Waals surface area contributed by atoms with Gasteiger partial charge in [-0.2, -0.15) is 0 Å². The van der Waals surface area contributed by atoms with Gasteiger partial charge in [0.1, 0.15) is 0 Å². The number of benzene rings is 2. The first kappa shape index (κ1) is 14.3. The summed E-state index contributed by atoms with van der Waals surface area (Å²) < 4.78 is 2.22. The van der Waals surface area contributed by atoms with Gasteiger partial charge in [-0.05, 0) is 62.2 Å². The molecule has 0 saturated carbocycles. The lowest BCUT2D eigenvalue weighted by molar-refractivity contribution is 1.01. The first-order chi connectivity index (χ1) is 10.6. The number of aromatic nitrogens is 1. The van der Waals surface area contributed by atoms with Crippen LogP contribution in [0, 0.1) is 20.8 Å². The fourth-order valence-electron chi connectivity index (χ4n) is 2.58. The standard InChI is InChI=1S/C20H20N2/c1-15-9-10-16(2)20(13-15)21-14-19-12-11-17(3)22(19)18-7-5-4-6-8-18/h4-14H,1-3H3. The zero-order valence-corrected chi connectivity index (χ0v) is 13.2. The Morgan fingerprint density at radius 3 is 2.41 bits per heavy atom. The van der Waals surface area contributed by atoms with E-state index in [1.807, 2.05) is 12.3 Å². The fraction of sp³-hybridized carbons (Fsp3) is 0.150. The van der Waals surface area contributed by atoms with E-state index >= 15 is 0 Å². The Labute approximate surface area is 131 Å². The number of hydrogen-bond donors (Lipinski definition) is 0. The molecule has 110 valence electrons. The van der Waals surface area contributed by atoms with E-state index < -0.39 is 0 Å². The molecule has 1 heterocycles. The minimum Gasteiger partial charge on any atom is -0.313 e. The number of para-hydroxylation sites is 1. The summed E-state index contributed by atoms with van der Waals surface area (Å²) in [5, 5.41) is 0. The van der Waals surface area contributed by atoms with Crippen LogP contribution in [0.4, 0.5) is 5.69 Å². The van der Waals surface area contributed by atoms with Crippen molar-refractivity contribution >= 4 is 11.9 Å². The third-order valence-electron chi connectivity index (χ3n) is 3.82. The highest BCUT2D eigenvalue weighted by Gasteiger charge is 2.05. The van der Waals surface area contributed by atoms with Crippen molar-refractivity contribution in [1.82, 2.24) is 4.57 Å². The maximum absolute atomic E-state index is 4.69. The van der Waals surface area contributed by atoms with Crippen molar-refractivity contribution in [3.63, 3.8) is 0 Å². The molecular weight excluding hydrogens is 268 g/mol. The normalized spacial score (nSPS) is 11.2. The number of hydrogen-bond acceptors (Lipinski definition) is 1. The molecule has 0 radical (unpaired) electrons. The molecule has 2 heteroatoms. The molecule has 0 N–H and O–H groups in total. The van der Waals surface area contributed by atoms with Gasteiger partial charge < -0.3 is 4.57 Å². The molecule has 1 aromatic heterocycles. The van der Waals surface area contributed by atoms with Crippen LogP contribution in [0.1, 0.15) is 22.5 Å². The lowest BCUT2D eigenvalue weighted by Gasteiger charge is -2.09. The number of aryl methyl sites for hydroxylation is 3. The second kappa shape index (κ2) is 6.02. The van der Waals surface area contributed by atoms with Crippen molar-refractivity contribution < 1.29 is 0 Å². The van der Waals surface area contributed by atoms with Crippen LogP contribution in [-0.4, -0.2) is 10.8 Å². The van der Waals surface area contributed by atoms with E-state index in [-0.39, 0.29) is 0 Å². The molecule has 3 rings (SSSR count). The molecule has 0 saturated heterocycles. The minimum atomic E-state index is 1.03. The van der Waals surface area contributed by atoms with Gasteiger partial charge in [0.25, 0.3) is 0 Å². The van der Waals surface area contributed by atoms with Crippen LogP contribution in [0.3, 0.4) is 0 Å². The molecular formula is C20H20N2. The molecule has 0 aliphatic heterocycles. The van der Waals surface area contributed by atoms with Crippen molar-refractivity contribution in [2.24, 2.45) is 4.99 Å². The monoisotopic (exact) mass is 288 g/mol. The molecule has 0 bridgehead atoms. The summed E-state index contributed by atoms with van der Waals surface area (Å²) in [5.41, 5.74) is 6.90. The fourth-order valence-corrected chi connectivity index (χ4v) is 2.58. The van der Waals surface area contributed by atoms with Crippen LogP contribution in [-0.2, 0) is 0 Å². The highest BCUT2D eigenvalue weighted by atomic mass is 15.0. The van der Waals surface area contributed by atoms with Crippen molar-refractivity contribution in [3.05, 3.63) is 83.2 Å². The van der Waals surface area contributed by atoms with Crippen LogP contribution >= 0.6 is 0 Å². The van der Waals surface area contributed by atoms with E-state index in [0.717, 1.165) is 17.1 Å². The van der Waals surface area contributed by atoms with Gasteiger partial charge in [0, 0.05) is 11.4 Å². The Bertz CT molecular complexity index is 811. The quantitative estimate of drug-likeness (QED) is 0.593. The summed E-state index contributed by atoms with van der Waals surface area (Å²) in [7, 11) is 0. The largest absolute Gasteiger partial charge is 0.313 e. The predicted octanol–water partition coefficient (Wildman–Crippen LogP) is 5.15. The van der Waals surface area contributed by atoms with Crippen LogP contribution in [0.5, 0.6) is 0 Å². The van der Waals surface area contributed by atoms with E-state index in [4.69, 9.17) is 4.99 Å². The first-order valence-electron chi connectivity index (χ1n) is 7.50.